The smallest absolute Gasteiger partial charge is 0.122 e. The summed E-state index contributed by atoms with van der Waals surface area (Å²) in [6.45, 7) is 3.67. The third-order valence-electron chi connectivity index (χ3n) is 3.32. The number of benzene rings is 1. The first kappa shape index (κ1) is 11.6. The lowest BCUT2D eigenvalue weighted by molar-refractivity contribution is 0.209. The van der Waals surface area contributed by atoms with Crippen LogP contribution < -0.4 is 5.73 Å². The van der Waals surface area contributed by atoms with E-state index in [1.165, 1.54) is 0 Å². The zero-order chi connectivity index (χ0) is 12.5. The van der Waals surface area contributed by atoms with Crippen molar-refractivity contribution < 1.29 is 0 Å². The zero-order valence-electron chi connectivity index (χ0n) is 10.0. The average Bonchev–Trinajstić information content (AvgIpc) is 2.81. The van der Waals surface area contributed by atoms with Gasteiger partial charge in [-0.1, -0.05) is 11.6 Å². The lowest BCUT2D eigenvalue weighted by atomic mass is 10.1. The summed E-state index contributed by atoms with van der Waals surface area (Å²) in [5.74, 6) is 1.11. The number of rotatable bonds is 2. The number of hydrogen-bond donors (Lipinski definition) is 1. The van der Waals surface area contributed by atoms with Crippen molar-refractivity contribution >= 4 is 17.3 Å². The fourth-order valence-corrected chi connectivity index (χ4v) is 2.51. The van der Waals surface area contributed by atoms with E-state index >= 15 is 0 Å². The number of nitrogens with zero attached hydrogens (tertiary/aromatic N) is 3. The van der Waals surface area contributed by atoms with Crippen LogP contribution >= 0.6 is 11.6 Å². The Morgan fingerprint density at radius 3 is 3.11 bits per heavy atom. The molecule has 94 valence electrons. The quantitative estimate of drug-likeness (QED) is 0.844. The normalized spacial score (nSPS) is 15.6. The summed E-state index contributed by atoms with van der Waals surface area (Å²) in [5.41, 5.74) is 7.86. The fourth-order valence-electron chi connectivity index (χ4n) is 2.31. The molecule has 1 aromatic heterocycles. The van der Waals surface area contributed by atoms with Crippen LogP contribution in [-0.4, -0.2) is 21.0 Å². The van der Waals surface area contributed by atoms with Gasteiger partial charge in [0, 0.05) is 42.7 Å². The van der Waals surface area contributed by atoms with Crippen molar-refractivity contribution in [2.75, 3.05) is 12.3 Å². The molecule has 0 bridgehead atoms. The minimum absolute atomic E-state index is 0.734. The van der Waals surface area contributed by atoms with E-state index in [-0.39, 0.29) is 0 Å². The Hall–Kier alpha value is -1.52. The summed E-state index contributed by atoms with van der Waals surface area (Å²) in [5, 5.41) is 0.734. The number of hydrogen-bond acceptors (Lipinski definition) is 3. The van der Waals surface area contributed by atoms with Gasteiger partial charge in [-0.05, 0) is 23.8 Å². The first-order chi connectivity index (χ1) is 8.72. The van der Waals surface area contributed by atoms with Gasteiger partial charge in [0.15, 0.2) is 0 Å². The second kappa shape index (κ2) is 4.63. The van der Waals surface area contributed by atoms with Crippen LogP contribution in [0.5, 0.6) is 0 Å². The minimum Gasteiger partial charge on any atom is -0.398 e. The van der Waals surface area contributed by atoms with Gasteiger partial charge >= 0.3 is 0 Å². The van der Waals surface area contributed by atoms with E-state index in [9.17, 15) is 0 Å². The number of anilines is 1. The summed E-state index contributed by atoms with van der Waals surface area (Å²) in [6.07, 6.45) is 3.88. The summed E-state index contributed by atoms with van der Waals surface area (Å²) in [7, 11) is 0. The molecule has 2 heterocycles. The molecule has 0 atom stereocenters. The van der Waals surface area contributed by atoms with E-state index in [4.69, 9.17) is 17.3 Å². The van der Waals surface area contributed by atoms with Crippen LogP contribution in [-0.2, 0) is 19.6 Å². The fraction of sp³-hybridized carbons (Fsp3) is 0.308. The number of imidazole rings is 1. The van der Waals surface area contributed by atoms with Crippen molar-refractivity contribution in [2.45, 2.75) is 19.6 Å². The molecule has 0 unspecified atom stereocenters. The van der Waals surface area contributed by atoms with E-state index in [1.807, 2.05) is 30.6 Å². The molecule has 0 fully saturated rings. The topological polar surface area (TPSA) is 47.1 Å². The standard InChI is InChI=1S/C13H15ClN4/c14-11-1-2-12(15)10(7-11)8-17-5-6-18-4-3-16-13(18)9-17/h1-4,7H,5-6,8-9,15H2. The number of halogens is 1. The Morgan fingerprint density at radius 2 is 2.22 bits per heavy atom. The van der Waals surface area contributed by atoms with E-state index in [2.05, 4.69) is 14.5 Å². The van der Waals surface area contributed by atoms with Crippen molar-refractivity contribution in [3.63, 3.8) is 0 Å². The van der Waals surface area contributed by atoms with Crippen molar-refractivity contribution in [3.05, 3.63) is 47.0 Å². The Balaban J connectivity index is 1.76. The van der Waals surface area contributed by atoms with Gasteiger partial charge in [0.05, 0.1) is 6.54 Å². The van der Waals surface area contributed by atoms with Crippen LogP contribution in [0.1, 0.15) is 11.4 Å². The molecule has 0 radical (unpaired) electrons. The molecule has 3 rings (SSSR count). The molecule has 1 aliphatic rings. The molecule has 1 aromatic carbocycles. The van der Waals surface area contributed by atoms with Gasteiger partial charge in [0.25, 0.3) is 0 Å². The maximum Gasteiger partial charge on any atom is 0.122 e. The zero-order valence-corrected chi connectivity index (χ0v) is 10.8. The Bertz CT molecular complexity index is 564. The number of aromatic nitrogens is 2. The second-order valence-corrected chi connectivity index (χ2v) is 5.03. The van der Waals surface area contributed by atoms with Crippen LogP contribution in [0, 0.1) is 0 Å². The van der Waals surface area contributed by atoms with Gasteiger partial charge in [-0.2, -0.15) is 0 Å². The van der Waals surface area contributed by atoms with Crippen LogP contribution in [0.2, 0.25) is 5.02 Å². The molecule has 0 aliphatic carbocycles. The Labute approximate surface area is 111 Å². The Morgan fingerprint density at radius 1 is 1.33 bits per heavy atom. The predicted molar refractivity (Wildman–Crippen MR) is 72.2 cm³/mol. The third kappa shape index (κ3) is 2.21. The predicted octanol–water partition coefficient (Wildman–Crippen LogP) is 2.13. The highest BCUT2D eigenvalue weighted by Gasteiger charge is 2.17. The van der Waals surface area contributed by atoms with Gasteiger partial charge in [-0.25, -0.2) is 4.98 Å². The number of nitrogen functional groups attached to an aromatic ring is 1. The Kier molecular flexibility index (Phi) is 2.97. The second-order valence-electron chi connectivity index (χ2n) is 4.59. The van der Waals surface area contributed by atoms with Crippen LogP contribution in [0.15, 0.2) is 30.6 Å². The summed E-state index contributed by atoms with van der Waals surface area (Å²) >= 11 is 6.01. The number of fused-ring (bicyclic) bond motifs is 1. The van der Waals surface area contributed by atoms with E-state index < -0.39 is 0 Å². The number of nitrogens with two attached hydrogens (primary N) is 1. The van der Waals surface area contributed by atoms with Crippen molar-refractivity contribution in [1.82, 2.24) is 14.5 Å². The maximum atomic E-state index is 6.01. The first-order valence-electron chi connectivity index (χ1n) is 5.98. The maximum absolute atomic E-state index is 6.01. The van der Waals surface area contributed by atoms with Crippen LogP contribution in [0.4, 0.5) is 5.69 Å². The lowest BCUT2D eigenvalue weighted by Gasteiger charge is -2.27. The van der Waals surface area contributed by atoms with Gasteiger partial charge in [-0.3, -0.25) is 4.90 Å². The van der Waals surface area contributed by atoms with E-state index in [0.29, 0.717) is 0 Å². The minimum atomic E-state index is 0.734. The molecule has 0 amide bonds. The molecule has 18 heavy (non-hydrogen) atoms. The third-order valence-corrected chi connectivity index (χ3v) is 3.56. The highest BCUT2D eigenvalue weighted by atomic mass is 35.5. The first-order valence-corrected chi connectivity index (χ1v) is 6.36. The van der Waals surface area contributed by atoms with Gasteiger partial charge < -0.3 is 10.3 Å². The molecule has 2 aromatic rings. The van der Waals surface area contributed by atoms with Crippen LogP contribution in [0.3, 0.4) is 0 Å². The SMILES string of the molecule is Nc1ccc(Cl)cc1CN1CCn2ccnc2C1. The van der Waals surface area contributed by atoms with Crippen LogP contribution in [0.25, 0.3) is 0 Å². The van der Waals surface area contributed by atoms with Crippen molar-refractivity contribution in [2.24, 2.45) is 0 Å². The molecule has 5 heteroatoms. The van der Waals surface area contributed by atoms with Gasteiger partial charge in [0.1, 0.15) is 5.82 Å². The molecule has 4 nitrogen and oxygen atoms in total. The van der Waals surface area contributed by atoms with Gasteiger partial charge in [-0.15, -0.1) is 0 Å². The largest absolute Gasteiger partial charge is 0.398 e. The molecule has 2 N–H and O–H groups in total. The monoisotopic (exact) mass is 262 g/mol. The lowest BCUT2D eigenvalue weighted by Crippen LogP contribution is -2.33. The summed E-state index contributed by atoms with van der Waals surface area (Å²) in [6, 6.07) is 5.63. The average molecular weight is 263 g/mol. The van der Waals surface area contributed by atoms with Gasteiger partial charge in [0.2, 0.25) is 0 Å². The summed E-state index contributed by atoms with van der Waals surface area (Å²) < 4.78 is 2.19. The molecule has 0 saturated heterocycles. The van der Waals surface area contributed by atoms with E-state index in [1.54, 1.807) is 0 Å². The molecule has 0 saturated carbocycles. The highest BCUT2D eigenvalue weighted by Crippen LogP contribution is 2.21. The summed E-state index contributed by atoms with van der Waals surface area (Å²) in [4.78, 5) is 6.69. The molecule has 0 spiro atoms. The molecular formula is C13H15ClN4. The van der Waals surface area contributed by atoms with Crippen molar-refractivity contribution in [3.8, 4) is 0 Å². The highest BCUT2D eigenvalue weighted by molar-refractivity contribution is 6.30. The molecular weight excluding hydrogens is 248 g/mol. The van der Waals surface area contributed by atoms with E-state index in [0.717, 1.165) is 48.3 Å². The molecule has 1 aliphatic heterocycles. The van der Waals surface area contributed by atoms with Crippen molar-refractivity contribution in [1.29, 1.82) is 0 Å².